The van der Waals surface area contributed by atoms with E-state index in [2.05, 4.69) is 5.32 Å². The number of ether oxygens (including phenoxy) is 1. The molecule has 0 bridgehead atoms. The smallest absolute Gasteiger partial charge is 0.348 e. The van der Waals surface area contributed by atoms with Crippen molar-refractivity contribution in [2.45, 2.75) is 11.3 Å². The zero-order valence-electron chi connectivity index (χ0n) is 15.1. The minimum Gasteiger partial charge on any atom is -0.451 e. The summed E-state index contributed by atoms with van der Waals surface area (Å²) in [5.41, 5.74) is 0.807. The Labute approximate surface area is 170 Å². The minimum absolute atomic E-state index is 0.0123. The first-order valence-corrected chi connectivity index (χ1v) is 10.8. The van der Waals surface area contributed by atoms with Gasteiger partial charge < -0.3 is 10.1 Å². The molecule has 0 unspecified atom stereocenters. The number of hydrogen-bond acceptors (Lipinski definition) is 6. The molecule has 3 rings (SSSR count). The average molecular weight is 436 g/mol. The van der Waals surface area contributed by atoms with Crippen molar-refractivity contribution in [3.05, 3.63) is 64.8 Å². The number of primary sulfonamides is 1. The number of nitrogens with one attached hydrogen (secondary N) is 1. The third-order valence-corrected chi connectivity index (χ3v) is 6.04. The summed E-state index contributed by atoms with van der Waals surface area (Å²) >= 11 is 1.09. The number of sulfonamides is 1. The van der Waals surface area contributed by atoms with Crippen LogP contribution in [0.25, 0.3) is 10.1 Å². The van der Waals surface area contributed by atoms with Crippen LogP contribution in [0.3, 0.4) is 0 Å². The second-order valence-corrected chi connectivity index (χ2v) is 8.77. The molecule has 7 nitrogen and oxygen atoms in total. The van der Waals surface area contributed by atoms with Crippen molar-refractivity contribution < 1.29 is 27.1 Å². The van der Waals surface area contributed by atoms with Crippen LogP contribution in [-0.2, 0) is 26.0 Å². The van der Waals surface area contributed by atoms with Crippen molar-refractivity contribution >= 4 is 43.3 Å². The van der Waals surface area contributed by atoms with E-state index in [0.29, 0.717) is 16.5 Å². The number of esters is 1. The molecule has 0 aliphatic rings. The Balaban J connectivity index is 1.46. The zero-order valence-corrected chi connectivity index (χ0v) is 16.7. The molecule has 0 spiro atoms. The van der Waals surface area contributed by atoms with E-state index < -0.39 is 34.3 Å². The normalized spacial score (nSPS) is 11.4. The van der Waals surface area contributed by atoms with E-state index in [0.717, 1.165) is 16.9 Å². The van der Waals surface area contributed by atoms with Crippen LogP contribution in [0.2, 0.25) is 0 Å². The van der Waals surface area contributed by atoms with E-state index >= 15 is 0 Å². The van der Waals surface area contributed by atoms with Crippen LogP contribution >= 0.6 is 11.3 Å². The summed E-state index contributed by atoms with van der Waals surface area (Å²) in [6, 6.07) is 11.9. The third kappa shape index (κ3) is 5.37. The summed E-state index contributed by atoms with van der Waals surface area (Å²) < 4.78 is 41.7. The highest BCUT2D eigenvalue weighted by atomic mass is 32.2. The molecule has 0 radical (unpaired) electrons. The van der Waals surface area contributed by atoms with Crippen LogP contribution in [-0.4, -0.2) is 33.4 Å². The lowest BCUT2D eigenvalue weighted by atomic mass is 10.1. The lowest BCUT2D eigenvalue weighted by molar-refractivity contribution is -0.124. The van der Waals surface area contributed by atoms with E-state index in [9.17, 15) is 22.4 Å². The molecule has 0 saturated heterocycles. The van der Waals surface area contributed by atoms with Crippen LogP contribution < -0.4 is 10.5 Å². The van der Waals surface area contributed by atoms with E-state index in [4.69, 9.17) is 9.88 Å². The van der Waals surface area contributed by atoms with Crippen molar-refractivity contribution in [2.75, 3.05) is 13.2 Å². The fourth-order valence-corrected chi connectivity index (χ4v) is 4.06. The predicted molar refractivity (Wildman–Crippen MR) is 107 cm³/mol. The second-order valence-electron chi connectivity index (χ2n) is 6.13. The molecule has 152 valence electrons. The van der Waals surface area contributed by atoms with Crippen molar-refractivity contribution in [1.82, 2.24) is 5.32 Å². The van der Waals surface area contributed by atoms with Gasteiger partial charge in [0.1, 0.15) is 10.7 Å². The van der Waals surface area contributed by atoms with E-state index in [1.165, 1.54) is 24.3 Å². The number of halogens is 1. The topological polar surface area (TPSA) is 116 Å². The predicted octanol–water partition coefficient (Wildman–Crippen LogP) is 2.20. The van der Waals surface area contributed by atoms with Gasteiger partial charge in [-0.15, -0.1) is 11.3 Å². The number of benzene rings is 2. The van der Waals surface area contributed by atoms with Gasteiger partial charge in [0.2, 0.25) is 10.0 Å². The summed E-state index contributed by atoms with van der Waals surface area (Å²) in [4.78, 5) is 24.1. The Kier molecular flexibility index (Phi) is 6.26. The van der Waals surface area contributed by atoms with Gasteiger partial charge in [-0.25, -0.2) is 22.7 Å². The molecule has 0 fully saturated rings. The molecule has 1 amide bonds. The van der Waals surface area contributed by atoms with Gasteiger partial charge in [0.15, 0.2) is 6.61 Å². The molecule has 1 heterocycles. The standard InChI is InChI=1S/C19H17FN2O5S2/c20-15-2-1-3-16-14(15)10-17(28-16)19(24)27-11-18(23)22-9-8-12-4-6-13(7-5-12)29(21,25)26/h1-7,10H,8-9,11H2,(H,22,23)(H2,21,25,26). The van der Waals surface area contributed by atoms with Gasteiger partial charge in [-0.2, -0.15) is 0 Å². The largest absolute Gasteiger partial charge is 0.451 e. The van der Waals surface area contributed by atoms with Gasteiger partial charge in [-0.3, -0.25) is 4.79 Å². The number of fused-ring (bicyclic) bond motifs is 1. The lowest BCUT2D eigenvalue weighted by Crippen LogP contribution is -2.30. The number of hydrogen-bond donors (Lipinski definition) is 2. The Morgan fingerprint density at radius 2 is 1.86 bits per heavy atom. The van der Waals surface area contributed by atoms with Gasteiger partial charge in [0.05, 0.1) is 4.90 Å². The highest BCUT2D eigenvalue weighted by Gasteiger charge is 2.15. The minimum atomic E-state index is -3.74. The summed E-state index contributed by atoms with van der Waals surface area (Å²) in [6.07, 6.45) is 0.459. The van der Waals surface area contributed by atoms with Crippen LogP contribution in [0.15, 0.2) is 53.4 Å². The SMILES string of the molecule is NS(=O)(=O)c1ccc(CCNC(=O)COC(=O)c2cc3c(F)cccc3s2)cc1. The lowest BCUT2D eigenvalue weighted by Gasteiger charge is -2.06. The molecular formula is C19H17FN2O5S2. The Morgan fingerprint density at radius 1 is 1.14 bits per heavy atom. The first-order valence-electron chi connectivity index (χ1n) is 8.47. The quantitative estimate of drug-likeness (QED) is 0.551. The summed E-state index contributed by atoms with van der Waals surface area (Å²) in [5, 5.41) is 7.97. The molecule has 2 aromatic carbocycles. The first kappa shape index (κ1) is 20.9. The van der Waals surface area contributed by atoms with Crippen molar-refractivity contribution in [3.8, 4) is 0 Å². The van der Waals surface area contributed by atoms with Gasteiger partial charge >= 0.3 is 5.97 Å². The van der Waals surface area contributed by atoms with Crippen molar-refractivity contribution in [2.24, 2.45) is 5.14 Å². The van der Waals surface area contributed by atoms with Crippen LogP contribution in [0.5, 0.6) is 0 Å². The summed E-state index contributed by atoms with van der Waals surface area (Å²) in [7, 11) is -3.74. The molecule has 3 N–H and O–H groups in total. The number of carbonyl (C=O) groups is 2. The summed E-state index contributed by atoms with van der Waals surface area (Å²) in [5.74, 6) is -1.60. The molecular weight excluding hydrogens is 419 g/mol. The first-order chi connectivity index (χ1) is 13.7. The zero-order chi connectivity index (χ0) is 21.0. The maximum absolute atomic E-state index is 13.7. The van der Waals surface area contributed by atoms with Crippen LogP contribution in [0.1, 0.15) is 15.2 Å². The third-order valence-electron chi connectivity index (χ3n) is 4.03. The molecule has 29 heavy (non-hydrogen) atoms. The van der Waals surface area contributed by atoms with Crippen LogP contribution in [0, 0.1) is 5.82 Å². The summed E-state index contributed by atoms with van der Waals surface area (Å²) in [6.45, 7) is -0.181. The highest BCUT2D eigenvalue weighted by molar-refractivity contribution is 7.89. The molecule has 0 atom stereocenters. The molecule has 0 aliphatic heterocycles. The fraction of sp³-hybridized carbons (Fsp3) is 0.158. The van der Waals surface area contributed by atoms with E-state index in [1.54, 1.807) is 24.3 Å². The van der Waals surface area contributed by atoms with Gasteiger partial charge in [0.25, 0.3) is 5.91 Å². The average Bonchev–Trinajstić information content (AvgIpc) is 3.12. The molecule has 0 saturated carbocycles. The molecule has 3 aromatic rings. The van der Waals surface area contributed by atoms with Gasteiger partial charge in [0, 0.05) is 16.6 Å². The fourth-order valence-electron chi connectivity index (χ4n) is 2.57. The molecule has 1 aromatic heterocycles. The number of carbonyl (C=O) groups excluding carboxylic acids is 2. The Hall–Kier alpha value is -2.82. The molecule has 10 heteroatoms. The van der Waals surface area contributed by atoms with E-state index in [1.807, 2.05) is 0 Å². The monoisotopic (exact) mass is 436 g/mol. The molecule has 0 aliphatic carbocycles. The number of amides is 1. The van der Waals surface area contributed by atoms with Gasteiger partial charge in [-0.05, 0) is 42.3 Å². The Morgan fingerprint density at radius 3 is 2.52 bits per heavy atom. The van der Waals surface area contributed by atoms with E-state index in [-0.39, 0.29) is 16.3 Å². The maximum atomic E-state index is 13.7. The Bertz CT molecular complexity index is 1160. The van der Waals surface area contributed by atoms with Gasteiger partial charge in [-0.1, -0.05) is 18.2 Å². The van der Waals surface area contributed by atoms with Crippen molar-refractivity contribution in [3.63, 3.8) is 0 Å². The number of rotatable bonds is 7. The van der Waals surface area contributed by atoms with Crippen LogP contribution in [0.4, 0.5) is 4.39 Å². The second kappa shape index (κ2) is 8.68. The van der Waals surface area contributed by atoms with Crippen molar-refractivity contribution in [1.29, 1.82) is 0 Å². The maximum Gasteiger partial charge on any atom is 0.348 e. The number of thiophene rings is 1. The highest BCUT2D eigenvalue weighted by Crippen LogP contribution is 2.28. The number of nitrogens with two attached hydrogens (primary N) is 1.